The monoisotopic (exact) mass is 528 g/mol. The lowest BCUT2D eigenvalue weighted by atomic mass is 10.1. The predicted octanol–water partition coefficient (Wildman–Crippen LogP) is 3.65. The summed E-state index contributed by atoms with van der Waals surface area (Å²) in [6.45, 7) is 4.82. The Morgan fingerprint density at radius 2 is 1.89 bits per heavy atom. The molecule has 0 fully saturated rings. The van der Waals surface area contributed by atoms with Crippen LogP contribution in [0, 0.1) is 18.3 Å². The lowest BCUT2D eigenvalue weighted by molar-refractivity contribution is -0.112. The van der Waals surface area contributed by atoms with E-state index in [4.69, 9.17) is 14.2 Å². The Bertz CT molecular complexity index is 1410. The quantitative estimate of drug-likeness (QED) is 0.171. The third-order valence-corrected chi connectivity index (χ3v) is 6.99. The molecule has 0 saturated carbocycles. The van der Waals surface area contributed by atoms with Gasteiger partial charge in [-0.3, -0.25) is 10.1 Å². The minimum absolute atomic E-state index is 0.0341. The van der Waals surface area contributed by atoms with Crippen molar-refractivity contribution in [1.29, 1.82) is 5.26 Å². The largest absolute Gasteiger partial charge is 0.490 e. The molecule has 0 aliphatic carbocycles. The third-order valence-electron chi connectivity index (χ3n) is 4.49. The smallest absolute Gasteiger partial charge is 0.268 e. The number of nitrogens with one attached hydrogen (secondary N) is 1. The van der Waals surface area contributed by atoms with Crippen LogP contribution in [-0.2, 0) is 14.6 Å². The molecule has 0 aliphatic heterocycles. The minimum Gasteiger partial charge on any atom is -0.490 e. The topological polar surface area (TPSA) is 140 Å². The van der Waals surface area contributed by atoms with Gasteiger partial charge in [0.25, 0.3) is 5.91 Å². The molecule has 1 aromatic heterocycles. The van der Waals surface area contributed by atoms with Crippen LogP contribution < -0.4 is 19.5 Å². The van der Waals surface area contributed by atoms with Gasteiger partial charge in [0.15, 0.2) is 11.5 Å². The molecule has 1 amide bonds. The first-order chi connectivity index (χ1) is 17.2. The second-order valence-electron chi connectivity index (χ2n) is 7.42. The van der Waals surface area contributed by atoms with E-state index in [1.165, 1.54) is 6.08 Å². The summed E-state index contributed by atoms with van der Waals surface area (Å²) < 4.78 is 40.0. The highest BCUT2D eigenvalue weighted by Crippen LogP contribution is 2.30. The molecular formula is C24H24N4O6S2. The van der Waals surface area contributed by atoms with Gasteiger partial charge in [0.1, 0.15) is 30.6 Å². The van der Waals surface area contributed by atoms with Gasteiger partial charge in [0.2, 0.25) is 19.3 Å². The number of hydrogen-bond donors (Lipinski definition) is 1. The van der Waals surface area contributed by atoms with Crippen LogP contribution in [-0.4, -0.2) is 50.6 Å². The van der Waals surface area contributed by atoms with Crippen LogP contribution in [0.25, 0.3) is 6.08 Å². The number of sulfone groups is 1. The van der Waals surface area contributed by atoms with Crippen LogP contribution in [0.5, 0.6) is 17.2 Å². The van der Waals surface area contributed by atoms with E-state index in [1.54, 1.807) is 18.2 Å². The highest BCUT2D eigenvalue weighted by atomic mass is 32.2. The zero-order valence-electron chi connectivity index (χ0n) is 19.8. The fourth-order valence-corrected chi connectivity index (χ4v) is 4.41. The number of aryl methyl sites for hydroxylation is 1. The molecule has 0 aliphatic rings. The molecule has 2 aromatic carbocycles. The molecule has 188 valence electrons. The summed E-state index contributed by atoms with van der Waals surface area (Å²) >= 11 is 0.696. The van der Waals surface area contributed by atoms with Gasteiger partial charge in [-0.05, 0) is 55.3 Å². The van der Waals surface area contributed by atoms with Crippen LogP contribution >= 0.6 is 11.3 Å². The van der Waals surface area contributed by atoms with Gasteiger partial charge in [0, 0.05) is 6.26 Å². The van der Waals surface area contributed by atoms with E-state index in [2.05, 4.69) is 15.5 Å². The van der Waals surface area contributed by atoms with Gasteiger partial charge in [-0.2, -0.15) is 5.26 Å². The summed E-state index contributed by atoms with van der Waals surface area (Å²) in [5, 5.41) is 19.0. The van der Waals surface area contributed by atoms with Crippen LogP contribution in [0.4, 0.5) is 5.13 Å². The number of benzene rings is 2. The molecule has 36 heavy (non-hydrogen) atoms. The molecule has 1 heterocycles. The Kier molecular flexibility index (Phi) is 8.99. The summed E-state index contributed by atoms with van der Waals surface area (Å²) in [6.07, 6.45) is 2.36. The molecule has 3 rings (SSSR count). The maximum Gasteiger partial charge on any atom is 0.268 e. The molecule has 3 aromatic rings. The Labute approximate surface area is 213 Å². The molecule has 12 heteroatoms. The predicted molar refractivity (Wildman–Crippen MR) is 135 cm³/mol. The first-order valence-electron chi connectivity index (χ1n) is 10.8. The van der Waals surface area contributed by atoms with Crippen LogP contribution in [0.3, 0.4) is 0 Å². The normalized spacial score (nSPS) is 11.4. The molecule has 0 radical (unpaired) electrons. The zero-order valence-corrected chi connectivity index (χ0v) is 21.5. The van der Waals surface area contributed by atoms with E-state index in [9.17, 15) is 18.5 Å². The number of carbonyl (C=O) groups excluding carboxylic acids is 1. The number of carbonyl (C=O) groups is 1. The number of anilines is 1. The fraction of sp³-hybridized carbons (Fsp3) is 0.250. The number of rotatable bonds is 11. The van der Waals surface area contributed by atoms with Crippen molar-refractivity contribution in [3.63, 3.8) is 0 Å². The number of hydrogen-bond acceptors (Lipinski definition) is 10. The maximum absolute atomic E-state index is 12.5. The maximum atomic E-state index is 12.5. The van der Waals surface area contributed by atoms with Gasteiger partial charge in [0.05, 0.1) is 6.61 Å². The van der Waals surface area contributed by atoms with Gasteiger partial charge in [-0.15, -0.1) is 10.2 Å². The SMILES string of the molecule is CCOc1cc(/C=C(/C#N)C(=O)Nc2nnc(S(C)(=O)=O)s2)ccc1OCCOc1cccc(C)c1. The lowest BCUT2D eigenvalue weighted by Gasteiger charge is -2.13. The van der Waals surface area contributed by atoms with Crippen molar-refractivity contribution in [3.8, 4) is 23.3 Å². The van der Waals surface area contributed by atoms with Crippen LogP contribution in [0.2, 0.25) is 0 Å². The third kappa shape index (κ3) is 7.53. The van der Waals surface area contributed by atoms with Crippen molar-refractivity contribution in [2.75, 3.05) is 31.4 Å². The standard InChI is InChI=1S/C24H24N4O6S2/c1-4-32-21-14-17(8-9-20(21)34-11-10-33-19-7-5-6-16(2)12-19)13-18(15-25)22(29)26-23-27-28-24(35-23)36(3,30)31/h5-9,12-14H,4,10-11H2,1-3H3,(H,26,27,29)/b18-13-. The molecule has 0 atom stereocenters. The molecule has 1 N–H and O–H groups in total. The highest BCUT2D eigenvalue weighted by Gasteiger charge is 2.18. The van der Waals surface area contributed by atoms with Crippen molar-refractivity contribution >= 4 is 38.3 Å². The molecule has 0 saturated heterocycles. The van der Waals surface area contributed by atoms with Gasteiger partial charge >= 0.3 is 0 Å². The summed E-state index contributed by atoms with van der Waals surface area (Å²) in [6, 6.07) is 14.6. The van der Waals surface area contributed by atoms with Crippen LogP contribution in [0.15, 0.2) is 52.4 Å². The number of ether oxygens (including phenoxy) is 3. The highest BCUT2D eigenvalue weighted by molar-refractivity contribution is 7.92. The Balaban J connectivity index is 1.67. The average Bonchev–Trinajstić information content (AvgIpc) is 3.30. The molecule has 0 bridgehead atoms. The van der Waals surface area contributed by atoms with Crippen molar-refractivity contribution in [3.05, 3.63) is 59.2 Å². The molecule has 10 nitrogen and oxygen atoms in total. The average molecular weight is 529 g/mol. The molecule has 0 unspecified atom stereocenters. The van der Waals surface area contributed by atoms with E-state index in [1.807, 2.05) is 44.2 Å². The number of amides is 1. The van der Waals surface area contributed by atoms with E-state index in [0.717, 1.165) is 17.6 Å². The van der Waals surface area contributed by atoms with Crippen LogP contribution in [0.1, 0.15) is 18.1 Å². The Hall–Kier alpha value is -3.95. The number of aromatic nitrogens is 2. The van der Waals surface area contributed by atoms with Crippen molar-refractivity contribution < 1.29 is 27.4 Å². The van der Waals surface area contributed by atoms with Gasteiger partial charge < -0.3 is 14.2 Å². The van der Waals surface area contributed by atoms with Crippen molar-refractivity contribution in [2.45, 2.75) is 18.2 Å². The number of nitrogens with zero attached hydrogens (tertiary/aromatic N) is 3. The summed E-state index contributed by atoms with van der Waals surface area (Å²) in [7, 11) is -3.55. The fourth-order valence-electron chi connectivity index (χ4n) is 2.91. The summed E-state index contributed by atoms with van der Waals surface area (Å²) in [5.41, 5.74) is 1.42. The van der Waals surface area contributed by atoms with E-state index >= 15 is 0 Å². The van der Waals surface area contributed by atoms with Gasteiger partial charge in [-0.25, -0.2) is 8.42 Å². The van der Waals surface area contributed by atoms with E-state index < -0.39 is 15.7 Å². The van der Waals surface area contributed by atoms with E-state index in [-0.39, 0.29) is 21.7 Å². The molecule has 0 spiro atoms. The Morgan fingerprint density at radius 3 is 2.56 bits per heavy atom. The zero-order chi connectivity index (χ0) is 26.1. The second-order valence-corrected chi connectivity index (χ2v) is 10.6. The summed E-state index contributed by atoms with van der Waals surface area (Å²) in [5.74, 6) is 0.946. The minimum atomic E-state index is -3.55. The van der Waals surface area contributed by atoms with E-state index in [0.29, 0.717) is 41.6 Å². The number of nitriles is 1. The first kappa shape index (κ1) is 26.7. The first-order valence-corrected chi connectivity index (χ1v) is 13.5. The second kappa shape index (κ2) is 12.1. The van der Waals surface area contributed by atoms with Crippen molar-refractivity contribution in [1.82, 2.24) is 10.2 Å². The summed E-state index contributed by atoms with van der Waals surface area (Å²) in [4.78, 5) is 12.5. The van der Waals surface area contributed by atoms with Gasteiger partial charge in [-0.1, -0.05) is 29.5 Å². The molecular weight excluding hydrogens is 504 g/mol. The van der Waals surface area contributed by atoms with Crippen molar-refractivity contribution in [2.24, 2.45) is 0 Å². The lowest BCUT2D eigenvalue weighted by Crippen LogP contribution is -2.13. The Morgan fingerprint density at radius 1 is 1.11 bits per heavy atom.